The van der Waals surface area contributed by atoms with Crippen LogP contribution in [0.15, 0.2) is 33.6 Å². The van der Waals surface area contributed by atoms with E-state index in [9.17, 15) is 8.42 Å². The Morgan fingerprint density at radius 1 is 1.29 bits per heavy atom. The van der Waals surface area contributed by atoms with Crippen molar-refractivity contribution in [1.29, 1.82) is 0 Å². The van der Waals surface area contributed by atoms with Gasteiger partial charge < -0.3 is 0 Å². The van der Waals surface area contributed by atoms with Crippen LogP contribution >= 0.6 is 15.9 Å². The van der Waals surface area contributed by atoms with Crippen molar-refractivity contribution in [2.24, 2.45) is 0 Å². The normalized spacial score (nSPS) is 11.4. The first kappa shape index (κ1) is 12.1. The molecule has 0 aliphatic rings. The van der Waals surface area contributed by atoms with Crippen molar-refractivity contribution in [3.05, 3.63) is 34.6 Å². The highest BCUT2D eigenvalue weighted by Crippen LogP contribution is 2.16. The molecule has 2 rings (SSSR count). The molecule has 0 spiro atoms. The first-order chi connectivity index (χ1) is 7.97. The Labute approximate surface area is 107 Å². The van der Waals surface area contributed by atoms with Crippen LogP contribution in [-0.2, 0) is 10.0 Å². The molecule has 2 N–H and O–H groups in total. The molecule has 0 saturated heterocycles. The first-order valence-corrected chi connectivity index (χ1v) is 6.92. The quantitative estimate of drug-likeness (QED) is 0.901. The standard InChI is InChI=1S/C9H9BrN4O2S/c1-6-11-9(13-12-6)14-17(15,16)8-4-2-7(10)3-5-8/h2-5H,1H3,(H2,11,12,13,14). The lowest BCUT2D eigenvalue weighted by atomic mass is 10.4. The van der Waals surface area contributed by atoms with Gasteiger partial charge in [-0.1, -0.05) is 15.9 Å². The molecule has 0 aliphatic carbocycles. The second-order valence-electron chi connectivity index (χ2n) is 3.30. The van der Waals surface area contributed by atoms with E-state index >= 15 is 0 Å². The zero-order chi connectivity index (χ0) is 12.5. The van der Waals surface area contributed by atoms with Crippen LogP contribution in [0.25, 0.3) is 0 Å². The molecule has 0 radical (unpaired) electrons. The molecule has 0 bridgehead atoms. The lowest BCUT2D eigenvalue weighted by Crippen LogP contribution is -2.13. The predicted octanol–water partition coefficient (Wildman–Crippen LogP) is 1.68. The van der Waals surface area contributed by atoms with Crippen molar-refractivity contribution < 1.29 is 8.42 Å². The number of hydrogen-bond acceptors (Lipinski definition) is 4. The molecule has 1 aromatic carbocycles. The van der Waals surface area contributed by atoms with Gasteiger partial charge in [-0.05, 0) is 31.2 Å². The predicted molar refractivity (Wildman–Crippen MR) is 66.1 cm³/mol. The summed E-state index contributed by atoms with van der Waals surface area (Å²) in [7, 11) is -3.63. The number of aromatic nitrogens is 3. The maximum Gasteiger partial charge on any atom is 0.264 e. The number of anilines is 1. The van der Waals surface area contributed by atoms with Gasteiger partial charge in [0.25, 0.3) is 16.0 Å². The molecule has 0 fully saturated rings. The number of aromatic amines is 1. The fourth-order valence-electron chi connectivity index (χ4n) is 1.18. The van der Waals surface area contributed by atoms with Crippen molar-refractivity contribution in [1.82, 2.24) is 15.2 Å². The molecular weight excluding hydrogens is 308 g/mol. The maximum atomic E-state index is 11.9. The van der Waals surface area contributed by atoms with Gasteiger partial charge in [-0.2, -0.15) is 4.98 Å². The van der Waals surface area contributed by atoms with Gasteiger partial charge in [0.2, 0.25) is 0 Å². The monoisotopic (exact) mass is 316 g/mol. The highest BCUT2D eigenvalue weighted by atomic mass is 79.9. The van der Waals surface area contributed by atoms with Crippen LogP contribution in [0.5, 0.6) is 0 Å². The molecule has 2 aromatic rings. The van der Waals surface area contributed by atoms with Gasteiger partial charge >= 0.3 is 0 Å². The second kappa shape index (κ2) is 4.46. The average Bonchev–Trinajstić information content (AvgIpc) is 2.63. The van der Waals surface area contributed by atoms with Crippen molar-refractivity contribution in [3.8, 4) is 0 Å². The Morgan fingerprint density at radius 3 is 2.47 bits per heavy atom. The van der Waals surface area contributed by atoms with Crippen LogP contribution in [0.2, 0.25) is 0 Å². The molecule has 0 atom stereocenters. The van der Waals surface area contributed by atoms with Gasteiger partial charge in [0, 0.05) is 4.47 Å². The molecular formula is C9H9BrN4O2S. The summed E-state index contributed by atoms with van der Waals surface area (Å²) in [5, 5.41) is 6.26. The third kappa shape index (κ3) is 2.83. The van der Waals surface area contributed by atoms with Crippen LogP contribution in [0.3, 0.4) is 0 Å². The fourth-order valence-corrected chi connectivity index (χ4v) is 2.39. The van der Waals surface area contributed by atoms with Gasteiger partial charge in [0.05, 0.1) is 4.90 Å². The number of hydrogen-bond donors (Lipinski definition) is 2. The summed E-state index contributed by atoms with van der Waals surface area (Å²) in [4.78, 5) is 4.03. The lowest BCUT2D eigenvalue weighted by Gasteiger charge is -2.03. The number of sulfonamides is 1. The number of halogens is 1. The van der Waals surface area contributed by atoms with E-state index in [4.69, 9.17) is 0 Å². The Hall–Kier alpha value is -1.41. The van der Waals surface area contributed by atoms with E-state index < -0.39 is 10.0 Å². The zero-order valence-electron chi connectivity index (χ0n) is 8.81. The van der Waals surface area contributed by atoms with Crippen LogP contribution < -0.4 is 4.72 Å². The number of aryl methyl sites for hydroxylation is 1. The SMILES string of the molecule is Cc1nc(NS(=O)(=O)c2ccc(Br)cc2)n[nH]1. The summed E-state index contributed by atoms with van der Waals surface area (Å²) in [6.07, 6.45) is 0. The van der Waals surface area contributed by atoms with E-state index in [2.05, 4.69) is 35.8 Å². The summed E-state index contributed by atoms with van der Waals surface area (Å²) in [5.74, 6) is 0.573. The molecule has 1 aromatic heterocycles. The molecule has 0 saturated carbocycles. The van der Waals surface area contributed by atoms with Crippen LogP contribution in [0.4, 0.5) is 5.95 Å². The van der Waals surface area contributed by atoms with Crippen LogP contribution in [0.1, 0.15) is 5.82 Å². The van der Waals surface area contributed by atoms with Gasteiger partial charge in [0.1, 0.15) is 5.82 Å². The van der Waals surface area contributed by atoms with E-state index in [1.165, 1.54) is 12.1 Å². The summed E-state index contributed by atoms with van der Waals surface area (Å²) in [6.45, 7) is 1.68. The fraction of sp³-hybridized carbons (Fsp3) is 0.111. The summed E-state index contributed by atoms with van der Waals surface area (Å²) < 4.78 is 26.9. The molecule has 17 heavy (non-hydrogen) atoms. The largest absolute Gasteiger partial charge is 0.264 e. The van der Waals surface area contributed by atoms with E-state index in [-0.39, 0.29) is 10.8 Å². The number of nitrogens with zero attached hydrogens (tertiary/aromatic N) is 2. The van der Waals surface area contributed by atoms with E-state index in [1.807, 2.05) is 0 Å². The maximum absolute atomic E-state index is 11.9. The zero-order valence-corrected chi connectivity index (χ0v) is 11.2. The summed E-state index contributed by atoms with van der Waals surface area (Å²) in [6, 6.07) is 6.29. The minimum atomic E-state index is -3.63. The van der Waals surface area contributed by atoms with Crippen LogP contribution in [-0.4, -0.2) is 23.6 Å². The smallest absolute Gasteiger partial charge is 0.261 e. The highest BCUT2D eigenvalue weighted by molar-refractivity contribution is 9.10. The number of rotatable bonds is 3. The van der Waals surface area contributed by atoms with Crippen molar-refractivity contribution in [3.63, 3.8) is 0 Å². The summed E-state index contributed by atoms with van der Waals surface area (Å²) in [5.41, 5.74) is 0. The molecule has 0 amide bonds. The molecule has 1 heterocycles. The van der Waals surface area contributed by atoms with Crippen molar-refractivity contribution >= 4 is 31.9 Å². The van der Waals surface area contributed by atoms with Gasteiger partial charge in [-0.25, -0.2) is 13.1 Å². The average molecular weight is 317 g/mol. The van der Waals surface area contributed by atoms with Gasteiger partial charge in [0.15, 0.2) is 0 Å². The van der Waals surface area contributed by atoms with E-state index in [0.29, 0.717) is 5.82 Å². The van der Waals surface area contributed by atoms with Crippen LogP contribution in [0, 0.1) is 6.92 Å². The van der Waals surface area contributed by atoms with Crippen molar-refractivity contribution in [2.75, 3.05) is 4.72 Å². The molecule has 6 nitrogen and oxygen atoms in total. The third-order valence-corrected chi connectivity index (χ3v) is 3.82. The molecule has 0 unspecified atom stereocenters. The van der Waals surface area contributed by atoms with Crippen molar-refractivity contribution in [2.45, 2.75) is 11.8 Å². The van der Waals surface area contributed by atoms with E-state index in [0.717, 1.165) is 4.47 Å². The molecule has 0 aliphatic heterocycles. The Morgan fingerprint density at radius 2 is 1.94 bits per heavy atom. The first-order valence-electron chi connectivity index (χ1n) is 4.65. The second-order valence-corrected chi connectivity index (χ2v) is 5.90. The molecule has 90 valence electrons. The minimum absolute atomic E-state index is 0.0328. The minimum Gasteiger partial charge on any atom is -0.261 e. The van der Waals surface area contributed by atoms with Gasteiger partial charge in [-0.15, -0.1) is 5.10 Å². The Bertz CT molecular complexity index is 621. The third-order valence-electron chi connectivity index (χ3n) is 1.95. The Kier molecular flexibility index (Phi) is 3.16. The van der Waals surface area contributed by atoms with Gasteiger partial charge in [-0.3, -0.25) is 5.10 Å². The number of benzene rings is 1. The number of nitrogens with one attached hydrogen (secondary N) is 2. The summed E-state index contributed by atoms with van der Waals surface area (Å²) >= 11 is 3.24. The Balaban J connectivity index is 2.28. The lowest BCUT2D eigenvalue weighted by molar-refractivity contribution is 0.601. The number of H-pyrrole nitrogens is 1. The van der Waals surface area contributed by atoms with E-state index in [1.54, 1.807) is 19.1 Å². The topological polar surface area (TPSA) is 87.7 Å². The highest BCUT2D eigenvalue weighted by Gasteiger charge is 2.15. The molecule has 8 heteroatoms.